The summed E-state index contributed by atoms with van der Waals surface area (Å²) in [6.07, 6.45) is 3.59. The molecule has 1 aromatic rings. The summed E-state index contributed by atoms with van der Waals surface area (Å²) in [5.74, 6) is 0. The molecule has 0 aliphatic carbocycles. The molecule has 1 atom stereocenters. The highest BCUT2D eigenvalue weighted by Gasteiger charge is 2.17. The predicted molar refractivity (Wildman–Crippen MR) is 61.5 cm³/mol. The highest BCUT2D eigenvalue weighted by Crippen LogP contribution is 2.15. The van der Waals surface area contributed by atoms with E-state index in [1.807, 2.05) is 26.0 Å². The van der Waals surface area contributed by atoms with Crippen LogP contribution in [-0.2, 0) is 0 Å². The maximum atomic E-state index is 9.13. The van der Waals surface area contributed by atoms with Gasteiger partial charge in [0, 0.05) is 37.0 Å². The number of hydrogen-bond acceptors (Lipinski definition) is 3. The molecule has 0 radical (unpaired) electrons. The van der Waals surface area contributed by atoms with Gasteiger partial charge in [-0.1, -0.05) is 13.8 Å². The zero-order chi connectivity index (χ0) is 11.3. The van der Waals surface area contributed by atoms with E-state index in [0.29, 0.717) is 6.04 Å². The van der Waals surface area contributed by atoms with Gasteiger partial charge in [0.2, 0.25) is 0 Å². The molecule has 0 fully saturated rings. The summed E-state index contributed by atoms with van der Waals surface area (Å²) in [5.41, 5.74) is 1.15. The lowest BCUT2D eigenvalue weighted by atomic mass is 9.94. The Morgan fingerprint density at radius 1 is 1.40 bits per heavy atom. The van der Waals surface area contributed by atoms with E-state index in [4.69, 9.17) is 5.11 Å². The third-order valence-corrected chi connectivity index (χ3v) is 2.52. The summed E-state index contributed by atoms with van der Waals surface area (Å²) in [4.78, 5) is 3.99. The highest BCUT2D eigenvalue weighted by molar-refractivity contribution is 5.13. The second-order valence-corrected chi connectivity index (χ2v) is 4.71. The van der Waals surface area contributed by atoms with E-state index in [1.54, 1.807) is 12.4 Å². The second-order valence-electron chi connectivity index (χ2n) is 4.71. The monoisotopic (exact) mass is 208 g/mol. The Labute approximate surface area is 91.5 Å². The number of nitrogens with one attached hydrogen (secondary N) is 1. The van der Waals surface area contributed by atoms with Gasteiger partial charge in [0.15, 0.2) is 0 Å². The average Bonchev–Trinajstić information content (AvgIpc) is 2.27. The molecular weight excluding hydrogens is 188 g/mol. The molecule has 0 bridgehead atoms. The largest absolute Gasteiger partial charge is 0.396 e. The SMILES string of the molecule is C[C@H](NCC(C)(C)CO)c1ccncc1. The van der Waals surface area contributed by atoms with Crippen molar-refractivity contribution in [1.29, 1.82) is 0 Å². The first-order valence-electron chi connectivity index (χ1n) is 5.29. The topological polar surface area (TPSA) is 45.1 Å². The normalized spacial score (nSPS) is 13.9. The molecule has 15 heavy (non-hydrogen) atoms. The molecule has 1 rings (SSSR count). The third-order valence-electron chi connectivity index (χ3n) is 2.52. The zero-order valence-electron chi connectivity index (χ0n) is 9.70. The Morgan fingerprint density at radius 3 is 2.53 bits per heavy atom. The minimum atomic E-state index is -0.0682. The van der Waals surface area contributed by atoms with Crippen molar-refractivity contribution in [3.05, 3.63) is 30.1 Å². The Kier molecular flexibility index (Phi) is 4.24. The summed E-state index contributed by atoms with van der Waals surface area (Å²) in [6, 6.07) is 4.30. The standard InChI is InChI=1S/C12H20N2O/c1-10(11-4-6-13-7-5-11)14-8-12(2,3)9-15/h4-7,10,14-15H,8-9H2,1-3H3/t10-/m0/s1. The van der Waals surface area contributed by atoms with Crippen LogP contribution in [0.25, 0.3) is 0 Å². The smallest absolute Gasteiger partial charge is 0.0494 e. The minimum Gasteiger partial charge on any atom is -0.396 e. The van der Waals surface area contributed by atoms with Crippen molar-refractivity contribution in [3.63, 3.8) is 0 Å². The van der Waals surface area contributed by atoms with Gasteiger partial charge in [-0.25, -0.2) is 0 Å². The lowest BCUT2D eigenvalue weighted by Gasteiger charge is -2.25. The van der Waals surface area contributed by atoms with Gasteiger partial charge >= 0.3 is 0 Å². The Morgan fingerprint density at radius 2 is 2.00 bits per heavy atom. The molecule has 0 spiro atoms. The third kappa shape index (κ3) is 3.98. The molecule has 1 heterocycles. The molecule has 3 nitrogen and oxygen atoms in total. The van der Waals surface area contributed by atoms with Crippen LogP contribution >= 0.6 is 0 Å². The molecular formula is C12H20N2O. The van der Waals surface area contributed by atoms with Crippen LogP contribution in [0.1, 0.15) is 32.4 Å². The van der Waals surface area contributed by atoms with Crippen molar-refractivity contribution in [3.8, 4) is 0 Å². The molecule has 0 aliphatic heterocycles. The summed E-state index contributed by atoms with van der Waals surface area (Å²) < 4.78 is 0. The van der Waals surface area contributed by atoms with Crippen molar-refractivity contribution >= 4 is 0 Å². The van der Waals surface area contributed by atoms with Crippen LogP contribution in [0, 0.1) is 5.41 Å². The van der Waals surface area contributed by atoms with Crippen LogP contribution in [0.5, 0.6) is 0 Å². The van der Waals surface area contributed by atoms with Gasteiger partial charge in [-0.05, 0) is 24.6 Å². The minimum absolute atomic E-state index is 0.0682. The fraction of sp³-hybridized carbons (Fsp3) is 0.583. The summed E-state index contributed by atoms with van der Waals surface area (Å²) in [5, 5.41) is 12.5. The maximum absolute atomic E-state index is 9.13. The Bertz CT molecular complexity index is 285. The molecule has 0 amide bonds. The Balaban J connectivity index is 2.47. The van der Waals surface area contributed by atoms with E-state index in [0.717, 1.165) is 6.54 Å². The van der Waals surface area contributed by atoms with Crippen molar-refractivity contribution in [2.24, 2.45) is 5.41 Å². The van der Waals surface area contributed by atoms with Gasteiger partial charge in [0.25, 0.3) is 0 Å². The number of hydrogen-bond donors (Lipinski definition) is 2. The van der Waals surface area contributed by atoms with E-state index in [1.165, 1.54) is 5.56 Å². The van der Waals surface area contributed by atoms with Crippen LogP contribution in [0.2, 0.25) is 0 Å². The van der Waals surface area contributed by atoms with E-state index in [9.17, 15) is 0 Å². The van der Waals surface area contributed by atoms with E-state index in [-0.39, 0.29) is 12.0 Å². The lowest BCUT2D eigenvalue weighted by molar-refractivity contribution is 0.154. The highest BCUT2D eigenvalue weighted by atomic mass is 16.3. The molecule has 0 aliphatic rings. The van der Waals surface area contributed by atoms with E-state index < -0.39 is 0 Å². The van der Waals surface area contributed by atoms with Crippen LogP contribution in [0.4, 0.5) is 0 Å². The second kappa shape index (κ2) is 5.24. The van der Waals surface area contributed by atoms with Crippen LogP contribution in [-0.4, -0.2) is 23.2 Å². The van der Waals surface area contributed by atoms with Gasteiger partial charge in [0.05, 0.1) is 0 Å². The summed E-state index contributed by atoms with van der Waals surface area (Å²) in [7, 11) is 0. The van der Waals surface area contributed by atoms with Crippen LogP contribution in [0.15, 0.2) is 24.5 Å². The number of rotatable bonds is 5. The van der Waals surface area contributed by atoms with E-state index in [2.05, 4.69) is 17.2 Å². The fourth-order valence-electron chi connectivity index (χ4n) is 1.26. The number of aromatic nitrogens is 1. The molecule has 0 saturated heterocycles. The molecule has 2 N–H and O–H groups in total. The van der Waals surface area contributed by atoms with Gasteiger partial charge in [0.1, 0.15) is 0 Å². The van der Waals surface area contributed by atoms with Crippen LogP contribution in [0.3, 0.4) is 0 Å². The van der Waals surface area contributed by atoms with Crippen molar-refractivity contribution in [2.45, 2.75) is 26.8 Å². The molecule has 3 heteroatoms. The van der Waals surface area contributed by atoms with Gasteiger partial charge in [-0.2, -0.15) is 0 Å². The van der Waals surface area contributed by atoms with Crippen molar-refractivity contribution in [1.82, 2.24) is 10.3 Å². The quantitative estimate of drug-likeness (QED) is 0.775. The van der Waals surface area contributed by atoms with E-state index >= 15 is 0 Å². The zero-order valence-corrected chi connectivity index (χ0v) is 9.70. The molecule has 0 aromatic carbocycles. The average molecular weight is 208 g/mol. The number of pyridine rings is 1. The number of aliphatic hydroxyl groups excluding tert-OH is 1. The molecule has 84 valence electrons. The number of aliphatic hydroxyl groups is 1. The lowest BCUT2D eigenvalue weighted by Crippen LogP contribution is -2.33. The van der Waals surface area contributed by atoms with Crippen molar-refractivity contribution < 1.29 is 5.11 Å². The first kappa shape index (κ1) is 12.1. The molecule has 0 saturated carbocycles. The molecule has 1 aromatic heterocycles. The summed E-state index contributed by atoms with van der Waals surface area (Å²) in [6.45, 7) is 7.19. The first-order valence-corrected chi connectivity index (χ1v) is 5.29. The predicted octanol–water partition coefficient (Wildman–Crippen LogP) is 1.75. The molecule has 0 unspecified atom stereocenters. The van der Waals surface area contributed by atoms with Crippen molar-refractivity contribution in [2.75, 3.05) is 13.2 Å². The van der Waals surface area contributed by atoms with Gasteiger partial charge < -0.3 is 10.4 Å². The first-order chi connectivity index (χ1) is 7.05. The summed E-state index contributed by atoms with van der Waals surface area (Å²) >= 11 is 0. The maximum Gasteiger partial charge on any atom is 0.0494 e. The van der Waals surface area contributed by atoms with Crippen LogP contribution < -0.4 is 5.32 Å². The van der Waals surface area contributed by atoms with Gasteiger partial charge in [-0.15, -0.1) is 0 Å². The Hall–Kier alpha value is -0.930. The number of nitrogens with zero attached hydrogens (tertiary/aromatic N) is 1. The van der Waals surface area contributed by atoms with Gasteiger partial charge in [-0.3, -0.25) is 4.98 Å². The fourth-order valence-corrected chi connectivity index (χ4v) is 1.26.